The second-order valence-electron chi connectivity index (χ2n) is 4.76. The molecule has 0 saturated carbocycles. The number of hydrogen-bond donors (Lipinski definition) is 2. The van der Waals surface area contributed by atoms with Crippen molar-refractivity contribution >= 4 is 23.6 Å². The van der Waals surface area contributed by atoms with Crippen LogP contribution in [0, 0.1) is 0 Å². The second kappa shape index (κ2) is 7.79. The van der Waals surface area contributed by atoms with E-state index in [2.05, 4.69) is 10.6 Å². The Morgan fingerprint density at radius 1 is 1.09 bits per heavy atom. The van der Waals surface area contributed by atoms with Gasteiger partial charge in [-0.1, -0.05) is 18.2 Å². The average molecular weight is 310 g/mol. The van der Waals surface area contributed by atoms with Crippen molar-refractivity contribution in [3.8, 4) is 5.75 Å². The van der Waals surface area contributed by atoms with Crippen molar-refractivity contribution in [1.29, 1.82) is 0 Å². The maximum atomic E-state index is 12.0. The van der Waals surface area contributed by atoms with Crippen LogP contribution in [0.3, 0.4) is 0 Å². The lowest BCUT2D eigenvalue weighted by atomic mass is 10.2. The van der Waals surface area contributed by atoms with E-state index in [9.17, 15) is 9.59 Å². The van der Waals surface area contributed by atoms with E-state index in [1.807, 2.05) is 24.3 Å². The number of anilines is 1. The smallest absolute Gasteiger partial charge is 0.251 e. The summed E-state index contributed by atoms with van der Waals surface area (Å²) < 4.78 is 5.13. The molecule has 5 heteroatoms. The van der Waals surface area contributed by atoms with Crippen molar-refractivity contribution in [3.05, 3.63) is 65.7 Å². The highest BCUT2D eigenvalue weighted by Crippen LogP contribution is 2.14. The summed E-state index contributed by atoms with van der Waals surface area (Å²) in [5.74, 6) is 0.251. The third kappa shape index (κ3) is 4.71. The fourth-order valence-electron chi connectivity index (χ4n) is 1.98. The first-order valence-electron chi connectivity index (χ1n) is 7.07. The molecule has 2 amide bonds. The van der Waals surface area contributed by atoms with Crippen LogP contribution in [0.15, 0.2) is 54.6 Å². The van der Waals surface area contributed by atoms with Crippen LogP contribution in [0.5, 0.6) is 5.75 Å². The molecule has 0 saturated heterocycles. The van der Waals surface area contributed by atoms with E-state index >= 15 is 0 Å². The van der Waals surface area contributed by atoms with Crippen molar-refractivity contribution < 1.29 is 14.3 Å². The molecule has 0 bridgehead atoms. The summed E-state index contributed by atoms with van der Waals surface area (Å²) in [5.41, 5.74) is 1.91. The number of benzene rings is 2. The lowest BCUT2D eigenvalue weighted by Gasteiger charge is -2.05. The van der Waals surface area contributed by atoms with E-state index in [0.717, 1.165) is 11.3 Å². The largest absolute Gasteiger partial charge is 0.497 e. The predicted molar refractivity (Wildman–Crippen MR) is 90.5 cm³/mol. The molecule has 0 spiro atoms. The quantitative estimate of drug-likeness (QED) is 0.834. The summed E-state index contributed by atoms with van der Waals surface area (Å²) in [4.78, 5) is 23.5. The third-order valence-electron chi connectivity index (χ3n) is 3.14. The number of amides is 2. The van der Waals surface area contributed by atoms with Gasteiger partial charge in [0.05, 0.1) is 7.11 Å². The van der Waals surface area contributed by atoms with Gasteiger partial charge in [-0.05, 0) is 42.0 Å². The Morgan fingerprint density at radius 2 is 1.87 bits per heavy atom. The molecule has 0 aliphatic rings. The Morgan fingerprint density at radius 3 is 2.61 bits per heavy atom. The lowest BCUT2D eigenvalue weighted by Crippen LogP contribution is -2.18. The van der Waals surface area contributed by atoms with Crippen LogP contribution in [0.25, 0.3) is 6.08 Å². The van der Waals surface area contributed by atoms with Crippen LogP contribution in [0.4, 0.5) is 5.69 Å². The average Bonchev–Trinajstić information content (AvgIpc) is 2.59. The standard InChI is InChI=1S/C18H18N2O3/c1-19-18(22)14-6-4-7-15(12-14)20-17(21)10-9-13-5-3-8-16(11-13)23-2/h3-12H,1-2H3,(H,19,22)(H,20,21)/b10-9+. The number of hydrogen-bond acceptors (Lipinski definition) is 3. The number of ether oxygens (including phenoxy) is 1. The summed E-state index contributed by atoms with van der Waals surface area (Å²) in [5, 5.41) is 5.26. The third-order valence-corrected chi connectivity index (χ3v) is 3.14. The van der Waals surface area contributed by atoms with E-state index in [1.165, 1.54) is 6.08 Å². The number of methoxy groups -OCH3 is 1. The minimum Gasteiger partial charge on any atom is -0.497 e. The summed E-state index contributed by atoms with van der Waals surface area (Å²) in [6.45, 7) is 0. The molecule has 0 unspecified atom stereocenters. The number of carbonyl (C=O) groups excluding carboxylic acids is 2. The van der Waals surface area contributed by atoms with Crippen LogP contribution in [0.2, 0.25) is 0 Å². The minimum absolute atomic E-state index is 0.201. The maximum absolute atomic E-state index is 12.0. The minimum atomic E-state index is -0.276. The van der Waals surface area contributed by atoms with E-state index in [1.54, 1.807) is 44.5 Å². The second-order valence-corrected chi connectivity index (χ2v) is 4.76. The van der Waals surface area contributed by atoms with Gasteiger partial charge in [-0.3, -0.25) is 9.59 Å². The molecule has 0 heterocycles. The Bertz CT molecular complexity index is 739. The molecule has 5 nitrogen and oxygen atoms in total. The fourth-order valence-corrected chi connectivity index (χ4v) is 1.98. The fraction of sp³-hybridized carbons (Fsp3) is 0.111. The molecule has 0 radical (unpaired) electrons. The molecular weight excluding hydrogens is 292 g/mol. The molecule has 118 valence electrons. The summed E-state index contributed by atoms with van der Waals surface area (Å²) in [6.07, 6.45) is 3.13. The highest BCUT2D eigenvalue weighted by atomic mass is 16.5. The molecule has 23 heavy (non-hydrogen) atoms. The summed E-state index contributed by atoms with van der Waals surface area (Å²) >= 11 is 0. The van der Waals surface area contributed by atoms with Crippen molar-refractivity contribution in [2.24, 2.45) is 0 Å². The Hall–Kier alpha value is -3.08. The zero-order valence-electron chi connectivity index (χ0n) is 13.0. The number of carbonyl (C=O) groups is 2. The van der Waals surface area contributed by atoms with Gasteiger partial charge in [-0.2, -0.15) is 0 Å². The number of rotatable bonds is 5. The van der Waals surface area contributed by atoms with Gasteiger partial charge in [0.1, 0.15) is 5.75 Å². The van der Waals surface area contributed by atoms with Gasteiger partial charge in [-0.15, -0.1) is 0 Å². The number of nitrogens with one attached hydrogen (secondary N) is 2. The monoisotopic (exact) mass is 310 g/mol. The van der Waals surface area contributed by atoms with Crippen LogP contribution in [-0.2, 0) is 4.79 Å². The Balaban J connectivity index is 2.04. The first-order valence-corrected chi connectivity index (χ1v) is 7.07. The SMILES string of the molecule is CNC(=O)c1cccc(NC(=O)/C=C/c2cccc(OC)c2)c1. The van der Waals surface area contributed by atoms with Gasteiger partial charge >= 0.3 is 0 Å². The zero-order chi connectivity index (χ0) is 16.7. The maximum Gasteiger partial charge on any atom is 0.251 e. The van der Waals surface area contributed by atoms with Gasteiger partial charge in [0.2, 0.25) is 5.91 Å². The Kier molecular flexibility index (Phi) is 5.52. The molecule has 2 N–H and O–H groups in total. The van der Waals surface area contributed by atoms with Crippen molar-refractivity contribution in [2.45, 2.75) is 0 Å². The molecule has 2 rings (SSSR count). The first kappa shape index (κ1) is 16.3. The Labute approximate surface area is 135 Å². The van der Waals surface area contributed by atoms with Crippen LogP contribution < -0.4 is 15.4 Å². The van der Waals surface area contributed by atoms with Gasteiger partial charge in [0.15, 0.2) is 0 Å². The van der Waals surface area contributed by atoms with Gasteiger partial charge in [0, 0.05) is 24.4 Å². The van der Waals surface area contributed by atoms with Crippen LogP contribution >= 0.6 is 0 Å². The van der Waals surface area contributed by atoms with E-state index in [-0.39, 0.29) is 11.8 Å². The molecular formula is C18H18N2O3. The van der Waals surface area contributed by atoms with Gasteiger partial charge in [-0.25, -0.2) is 0 Å². The topological polar surface area (TPSA) is 67.4 Å². The van der Waals surface area contributed by atoms with Gasteiger partial charge in [0.25, 0.3) is 5.91 Å². The van der Waals surface area contributed by atoms with E-state index < -0.39 is 0 Å². The van der Waals surface area contributed by atoms with Crippen molar-refractivity contribution in [3.63, 3.8) is 0 Å². The predicted octanol–water partition coefficient (Wildman–Crippen LogP) is 2.71. The summed E-state index contributed by atoms with van der Waals surface area (Å²) in [7, 11) is 3.15. The molecule has 0 atom stereocenters. The molecule has 0 aliphatic carbocycles. The highest BCUT2D eigenvalue weighted by Gasteiger charge is 2.04. The molecule has 0 aromatic heterocycles. The molecule has 2 aromatic rings. The highest BCUT2D eigenvalue weighted by molar-refractivity contribution is 6.03. The van der Waals surface area contributed by atoms with E-state index in [4.69, 9.17) is 4.74 Å². The zero-order valence-corrected chi connectivity index (χ0v) is 13.0. The first-order chi connectivity index (χ1) is 11.1. The van der Waals surface area contributed by atoms with Crippen LogP contribution in [-0.4, -0.2) is 26.0 Å². The van der Waals surface area contributed by atoms with E-state index in [0.29, 0.717) is 11.3 Å². The van der Waals surface area contributed by atoms with Crippen LogP contribution in [0.1, 0.15) is 15.9 Å². The molecule has 2 aromatic carbocycles. The normalized spacial score (nSPS) is 10.3. The molecule has 0 fully saturated rings. The lowest BCUT2D eigenvalue weighted by molar-refractivity contribution is -0.111. The van der Waals surface area contributed by atoms with Crippen molar-refractivity contribution in [1.82, 2.24) is 5.32 Å². The van der Waals surface area contributed by atoms with Crippen molar-refractivity contribution in [2.75, 3.05) is 19.5 Å². The molecule has 0 aliphatic heterocycles. The van der Waals surface area contributed by atoms with Gasteiger partial charge < -0.3 is 15.4 Å². The summed E-state index contributed by atoms with van der Waals surface area (Å²) in [6, 6.07) is 14.1.